The van der Waals surface area contributed by atoms with Gasteiger partial charge in [0.15, 0.2) is 0 Å². The molecule has 0 saturated heterocycles. The Bertz CT molecular complexity index is 445. The second kappa shape index (κ2) is 2.78. The molecule has 2 N–H and O–H groups in total. The molecule has 0 fully saturated rings. The molecule has 0 aliphatic heterocycles. The van der Waals surface area contributed by atoms with Crippen LogP contribution in [-0.4, -0.2) is 10.2 Å². The normalized spacial score (nSPS) is 10.7. The molecule has 0 radical (unpaired) electrons. The van der Waals surface area contributed by atoms with Crippen molar-refractivity contribution >= 4 is 10.9 Å². The monoisotopic (exact) mass is 177 g/mol. The van der Waals surface area contributed by atoms with Gasteiger partial charge in [-0.05, 0) is 25.5 Å². The highest BCUT2D eigenvalue weighted by atomic mass is 17.1. The summed E-state index contributed by atoms with van der Waals surface area (Å²) in [4.78, 5) is 7.21. The molecule has 0 spiro atoms. The number of fused-ring (bicyclic) bond motifs is 1. The Morgan fingerprint density at radius 2 is 2.08 bits per heavy atom. The molecule has 3 heteroatoms. The fourth-order valence-electron chi connectivity index (χ4n) is 1.69. The number of aryl methyl sites for hydroxylation is 2. The number of nitrogens with one attached hydrogen (secondary N) is 1. The van der Waals surface area contributed by atoms with Gasteiger partial charge in [0.1, 0.15) is 0 Å². The van der Waals surface area contributed by atoms with Crippen molar-refractivity contribution in [1.29, 1.82) is 0 Å². The maximum absolute atomic E-state index is 8.58. The van der Waals surface area contributed by atoms with E-state index in [2.05, 4.69) is 9.87 Å². The van der Waals surface area contributed by atoms with Crippen molar-refractivity contribution in [2.75, 3.05) is 0 Å². The first-order valence-corrected chi connectivity index (χ1v) is 4.13. The van der Waals surface area contributed by atoms with Gasteiger partial charge in [-0.25, -0.2) is 5.26 Å². The van der Waals surface area contributed by atoms with Crippen LogP contribution >= 0.6 is 0 Å². The first-order chi connectivity index (χ1) is 6.24. The molecule has 2 rings (SSSR count). The lowest BCUT2D eigenvalue weighted by atomic mass is 10.1. The van der Waals surface area contributed by atoms with E-state index < -0.39 is 0 Å². The Hall–Kier alpha value is -1.48. The topological polar surface area (TPSA) is 45.2 Å². The highest BCUT2D eigenvalue weighted by Crippen LogP contribution is 2.28. The van der Waals surface area contributed by atoms with Crippen LogP contribution in [0.5, 0.6) is 5.88 Å². The Morgan fingerprint density at radius 3 is 2.69 bits per heavy atom. The van der Waals surface area contributed by atoms with Crippen LogP contribution < -0.4 is 4.89 Å². The summed E-state index contributed by atoms with van der Waals surface area (Å²) in [5.74, 6) is 0.421. The lowest BCUT2D eigenvalue weighted by Crippen LogP contribution is -1.84. The van der Waals surface area contributed by atoms with Gasteiger partial charge in [0.25, 0.3) is 0 Å². The average molecular weight is 177 g/mol. The largest absolute Gasteiger partial charge is 0.323 e. The van der Waals surface area contributed by atoms with Gasteiger partial charge in [-0.1, -0.05) is 12.1 Å². The van der Waals surface area contributed by atoms with Gasteiger partial charge in [-0.3, -0.25) is 0 Å². The predicted octanol–water partition coefficient (Wildman–Crippen LogP) is 2.64. The van der Waals surface area contributed by atoms with Gasteiger partial charge >= 0.3 is 0 Å². The van der Waals surface area contributed by atoms with Gasteiger partial charge in [-0.15, -0.1) is 0 Å². The van der Waals surface area contributed by atoms with Crippen LogP contribution in [0.15, 0.2) is 18.2 Å². The van der Waals surface area contributed by atoms with Crippen molar-refractivity contribution < 1.29 is 10.1 Å². The van der Waals surface area contributed by atoms with E-state index in [0.29, 0.717) is 5.88 Å². The van der Waals surface area contributed by atoms with E-state index in [4.69, 9.17) is 5.26 Å². The molecular weight excluding hydrogens is 166 g/mol. The van der Waals surface area contributed by atoms with Crippen molar-refractivity contribution in [2.24, 2.45) is 0 Å². The Balaban J connectivity index is 2.85. The zero-order valence-electron chi connectivity index (χ0n) is 7.59. The fourth-order valence-corrected chi connectivity index (χ4v) is 1.69. The Kier molecular flexibility index (Phi) is 1.74. The van der Waals surface area contributed by atoms with E-state index in [1.807, 2.05) is 32.0 Å². The third-order valence-corrected chi connectivity index (χ3v) is 2.33. The summed E-state index contributed by atoms with van der Waals surface area (Å²) in [6.45, 7) is 3.95. The zero-order valence-corrected chi connectivity index (χ0v) is 7.59. The third-order valence-electron chi connectivity index (χ3n) is 2.33. The molecule has 0 unspecified atom stereocenters. The van der Waals surface area contributed by atoms with Crippen LogP contribution in [-0.2, 0) is 0 Å². The lowest BCUT2D eigenvalue weighted by Gasteiger charge is -1.95. The van der Waals surface area contributed by atoms with Crippen LogP contribution in [0.2, 0.25) is 0 Å². The van der Waals surface area contributed by atoms with Crippen LogP contribution in [0.3, 0.4) is 0 Å². The number of aromatic nitrogens is 1. The maximum Gasteiger partial charge on any atom is 0.238 e. The van der Waals surface area contributed by atoms with E-state index in [0.717, 1.165) is 16.5 Å². The number of aromatic amines is 1. The van der Waals surface area contributed by atoms with E-state index in [1.54, 1.807) is 0 Å². The van der Waals surface area contributed by atoms with Gasteiger partial charge in [0.2, 0.25) is 5.88 Å². The molecule has 1 aromatic carbocycles. The van der Waals surface area contributed by atoms with E-state index in [-0.39, 0.29) is 0 Å². The smallest absolute Gasteiger partial charge is 0.238 e. The van der Waals surface area contributed by atoms with Gasteiger partial charge in [0, 0.05) is 16.5 Å². The highest BCUT2D eigenvalue weighted by molar-refractivity contribution is 5.88. The molecule has 0 aliphatic rings. The van der Waals surface area contributed by atoms with Crippen LogP contribution in [0.25, 0.3) is 10.9 Å². The third kappa shape index (κ3) is 1.09. The average Bonchev–Trinajstić information content (AvgIpc) is 2.44. The Labute approximate surface area is 75.9 Å². The lowest BCUT2D eigenvalue weighted by molar-refractivity contribution is -0.141. The summed E-state index contributed by atoms with van der Waals surface area (Å²) in [5, 5.41) is 9.70. The molecule has 0 aliphatic carbocycles. The number of benzene rings is 1. The molecule has 1 heterocycles. The minimum absolute atomic E-state index is 0.421. The van der Waals surface area contributed by atoms with Crippen molar-refractivity contribution in [1.82, 2.24) is 4.98 Å². The second-order valence-electron chi connectivity index (χ2n) is 3.17. The summed E-state index contributed by atoms with van der Waals surface area (Å²) in [7, 11) is 0. The number of rotatable bonds is 1. The molecular formula is C10H11NO2. The van der Waals surface area contributed by atoms with E-state index >= 15 is 0 Å². The summed E-state index contributed by atoms with van der Waals surface area (Å²) in [5.41, 5.74) is 3.10. The number of hydrogen-bond donors (Lipinski definition) is 2. The molecule has 3 nitrogen and oxygen atoms in total. The standard InChI is InChI=1S/C10H11NO2/c1-6-4-3-5-8-9(6)7(2)10(11-8)13-12/h3-5,11-12H,1-2H3. The number of H-pyrrole nitrogens is 1. The van der Waals surface area contributed by atoms with Crippen molar-refractivity contribution in [3.8, 4) is 5.88 Å². The fraction of sp³-hybridized carbons (Fsp3) is 0.200. The van der Waals surface area contributed by atoms with Gasteiger partial charge in [-0.2, -0.15) is 0 Å². The summed E-state index contributed by atoms with van der Waals surface area (Å²) in [6, 6.07) is 5.96. The SMILES string of the molecule is Cc1cccc2[nH]c(OO)c(C)c12. The van der Waals surface area contributed by atoms with Crippen LogP contribution in [0, 0.1) is 13.8 Å². The summed E-state index contributed by atoms with van der Waals surface area (Å²) >= 11 is 0. The minimum Gasteiger partial charge on any atom is -0.323 e. The molecule has 2 aromatic rings. The van der Waals surface area contributed by atoms with Crippen LogP contribution in [0.4, 0.5) is 0 Å². The molecule has 1 aromatic heterocycles. The number of hydrogen-bond acceptors (Lipinski definition) is 2. The molecule has 0 saturated carbocycles. The highest BCUT2D eigenvalue weighted by Gasteiger charge is 2.09. The quantitative estimate of drug-likeness (QED) is 0.519. The van der Waals surface area contributed by atoms with Gasteiger partial charge in [0.05, 0.1) is 0 Å². The molecule has 0 amide bonds. The first-order valence-electron chi connectivity index (χ1n) is 4.13. The first kappa shape index (κ1) is 8.13. The summed E-state index contributed by atoms with van der Waals surface area (Å²) in [6.07, 6.45) is 0. The minimum atomic E-state index is 0.421. The molecule has 0 bridgehead atoms. The second-order valence-corrected chi connectivity index (χ2v) is 3.17. The Morgan fingerprint density at radius 1 is 1.31 bits per heavy atom. The predicted molar refractivity (Wildman–Crippen MR) is 51.0 cm³/mol. The zero-order chi connectivity index (χ0) is 9.42. The van der Waals surface area contributed by atoms with Crippen molar-refractivity contribution in [3.63, 3.8) is 0 Å². The van der Waals surface area contributed by atoms with Crippen LogP contribution in [0.1, 0.15) is 11.1 Å². The van der Waals surface area contributed by atoms with E-state index in [9.17, 15) is 0 Å². The van der Waals surface area contributed by atoms with Crippen molar-refractivity contribution in [2.45, 2.75) is 13.8 Å². The summed E-state index contributed by atoms with van der Waals surface area (Å²) < 4.78 is 0. The van der Waals surface area contributed by atoms with Crippen molar-refractivity contribution in [3.05, 3.63) is 29.3 Å². The van der Waals surface area contributed by atoms with Gasteiger partial charge < -0.3 is 9.87 Å². The van der Waals surface area contributed by atoms with E-state index in [1.165, 1.54) is 5.56 Å². The maximum atomic E-state index is 8.58. The molecule has 68 valence electrons. The molecule has 13 heavy (non-hydrogen) atoms. The molecule has 0 atom stereocenters.